The molecule has 1 saturated heterocycles. The number of carbonyl (C=O) groups is 1. The summed E-state index contributed by atoms with van der Waals surface area (Å²) in [5.41, 5.74) is 2.38. The molecule has 5 rings (SSSR count). The number of rotatable bonds is 6. The minimum Gasteiger partial charge on any atom is -0.484 e. The van der Waals surface area contributed by atoms with Crippen LogP contribution in [0.25, 0.3) is 11.0 Å². The van der Waals surface area contributed by atoms with Gasteiger partial charge in [0.2, 0.25) is 10.0 Å². The molecule has 3 aromatic rings. The molecule has 2 aliphatic rings. The normalized spacial score (nSPS) is 16.4. The van der Waals surface area contributed by atoms with Gasteiger partial charge in [-0.15, -0.1) is 0 Å². The highest BCUT2D eigenvalue weighted by Crippen LogP contribution is 2.29. The fourth-order valence-corrected chi connectivity index (χ4v) is 5.75. The number of ether oxygens (including phenoxy) is 2. The van der Waals surface area contributed by atoms with E-state index in [2.05, 4.69) is 5.32 Å². The number of nitrogens with one attached hydrogen (secondary N) is 1. The lowest BCUT2D eigenvalue weighted by molar-refractivity contribution is -0.118. The van der Waals surface area contributed by atoms with E-state index in [0.29, 0.717) is 43.3 Å². The van der Waals surface area contributed by atoms with E-state index >= 15 is 0 Å². The number of hydrogen-bond acceptors (Lipinski definition) is 7. The fraction of sp³-hybridized carbons (Fsp3) is 0.333. The second-order valence-electron chi connectivity index (χ2n) is 8.24. The third kappa shape index (κ3) is 4.44. The van der Waals surface area contributed by atoms with Gasteiger partial charge in [0, 0.05) is 35.8 Å². The first kappa shape index (κ1) is 22.6. The highest BCUT2D eigenvalue weighted by Gasteiger charge is 2.26. The van der Waals surface area contributed by atoms with Gasteiger partial charge >= 0.3 is 5.63 Å². The summed E-state index contributed by atoms with van der Waals surface area (Å²) >= 11 is 0. The van der Waals surface area contributed by atoms with Crippen molar-refractivity contribution in [2.24, 2.45) is 0 Å². The van der Waals surface area contributed by atoms with Gasteiger partial charge in [-0.2, -0.15) is 4.31 Å². The van der Waals surface area contributed by atoms with E-state index in [0.717, 1.165) is 35.8 Å². The van der Waals surface area contributed by atoms with Crippen molar-refractivity contribution in [2.75, 3.05) is 38.2 Å². The van der Waals surface area contributed by atoms with Crippen molar-refractivity contribution >= 4 is 32.6 Å². The fourth-order valence-electron chi connectivity index (χ4n) is 4.35. The van der Waals surface area contributed by atoms with Crippen molar-refractivity contribution in [2.45, 2.75) is 24.2 Å². The lowest BCUT2D eigenvalue weighted by Gasteiger charge is -2.26. The van der Waals surface area contributed by atoms with Gasteiger partial charge < -0.3 is 19.2 Å². The van der Waals surface area contributed by atoms with E-state index < -0.39 is 15.9 Å². The van der Waals surface area contributed by atoms with Gasteiger partial charge in [-0.1, -0.05) is 0 Å². The molecule has 34 heavy (non-hydrogen) atoms. The van der Waals surface area contributed by atoms with Crippen LogP contribution in [0.3, 0.4) is 0 Å². The second kappa shape index (κ2) is 9.21. The Morgan fingerprint density at radius 1 is 1.03 bits per heavy atom. The molecule has 2 heterocycles. The summed E-state index contributed by atoms with van der Waals surface area (Å²) in [6, 6.07) is 11.2. The van der Waals surface area contributed by atoms with E-state index in [1.165, 1.54) is 28.6 Å². The van der Waals surface area contributed by atoms with Crippen LogP contribution in [0.1, 0.15) is 17.5 Å². The first-order valence-corrected chi connectivity index (χ1v) is 12.5. The number of anilines is 1. The highest BCUT2D eigenvalue weighted by atomic mass is 32.2. The molecule has 1 aliphatic heterocycles. The van der Waals surface area contributed by atoms with Gasteiger partial charge in [0.1, 0.15) is 11.3 Å². The van der Waals surface area contributed by atoms with E-state index in [1.54, 1.807) is 12.1 Å². The molecule has 9 nitrogen and oxygen atoms in total. The van der Waals surface area contributed by atoms with Crippen LogP contribution in [-0.4, -0.2) is 51.5 Å². The molecule has 178 valence electrons. The summed E-state index contributed by atoms with van der Waals surface area (Å²) in [6.07, 6.45) is 2.54. The Labute approximate surface area is 196 Å². The molecular weight excluding hydrogens is 460 g/mol. The Kier molecular flexibility index (Phi) is 6.11. The van der Waals surface area contributed by atoms with Crippen molar-refractivity contribution in [1.82, 2.24) is 4.31 Å². The minimum absolute atomic E-state index is 0.160. The van der Waals surface area contributed by atoms with Crippen LogP contribution in [0.4, 0.5) is 5.69 Å². The van der Waals surface area contributed by atoms with E-state index in [1.807, 2.05) is 6.07 Å². The largest absolute Gasteiger partial charge is 0.484 e. The number of sulfonamides is 1. The summed E-state index contributed by atoms with van der Waals surface area (Å²) in [6.45, 7) is 1.13. The number of hydrogen-bond donors (Lipinski definition) is 1. The average Bonchev–Trinajstić information content (AvgIpc) is 3.35. The number of carbonyl (C=O) groups excluding carboxylic acids is 1. The van der Waals surface area contributed by atoms with Crippen LogP contribution in [0.5, 0.6) is 5.75 Å². The van der Waals surface area contributed by atoms with E-state index in [9.17, 15) is 18.0 Å². The number of benzene rings is 2. The lowest BCUT2D eigenvalue weighted by atomic mass is 10.1. The molecule has 0 unspecified atom stereocenters. The Hall–Kier alpha value is -3.21. The molecule has 10 heteroatoms. The van der Waals surface area contributed by atoms with Crippen LogP contribution in [0.2, 0.25) is 0 Å². The SMILES string of the molecule is O=C(COc1ccc2c3c(c(=O)oc2c1)CCC3)Nc1ccc(S(=O)(=O)N2CCOCC2)cc1. The quantitative estimate of drug-likeness (QED) is 0.534. The predicted molar refractivity (Wildman–Crippen MR) is 125 cm³/mol. The van der Waals surface area contributed by atoms with Crippen LogP contribution in [0, 0.1) is 0 Å². The van der Waals surface area contributed by atoms with Gasteiger partial charge in [0.25, 0.3) is 5.91 Å². The summed E-state index contributed by atoms with van der Waals surface area (Å²) < 4.78 is 43.0. The summed E-state index contributed by atoms with van der Waals surface area (Å²) in [4.78, 5) is 24.7. The van der Waals surface area contributed by atoms with Gasteiger partial charge in [-0.25, -0.2) is 13.2 Å². The summed E-state index contributed by atoms with van der Waals surface area (Å²) in [5.74, 6) is 0.00925. The highest BCUT2D eigenvalue weighted by molar-refractivity contribution is 7.89. The molecular formula is C24H24N2O7S. The van der Waals surface area contributed by atoms with Crippen molar-refractivity contribution in [1.29, 1.82) is 0 Å². The molecule has 2 aromatic carbocycles. The zero-order chi connectivity index (χ0) is 23.7. The molecule has 0 atom stereocenters. The Bertz CT molecular complexity index is 1390. The third-order valence-corrected chi connectivity index (χ3v) is 7.97. The lowest BCUT2D eigenvalue weighted by Crippen LogP contribution is -2.40. The third-order valence-electron chi connectivity index (χ3n) is 6.06. The molecule has 0 saturated carbocycles. The number of aryl methyl sites for hydroxylation is 1. The molecule has 1 fully saturated rings. The van der Waals surface area contributed by atoms with E-state index in [-0.39, 0.29) is 17.1 Å². The van der Waals surface area contributed by atoms with Crippen molar-refractivity contribution in [3.8, 4) is 5.75 Å². The number of nitrogens with zero attached hydrogens (tertiary/aromatic N) is 1. The number of morpholine rings is 1. The molecule has 1 aliphatic carbocycles. The molecule has 1 amide bonds. The van der Waals surface area contributed by atoms with Gasteiger partial charge in [-0.3, -0.25) is 4.79 Å². The molecule has 0 spiro atoms. The number of fused-ring (bicyclic) bond motifs is 3. The van der Waals surface area contributed by atoms with Crippen LogP contribution >= 0.6 is 0 Å². The predicted octanol–water partition coefficient (Wildman–Crippen LogP) is 2.32. The maximum absolute atomic E-state index is 12.7. The zero-order valence-corrected chi connectivity index (χ0v) is 19.2. The van der Waals surface area contributed by atoms with Gasteiger partial charge in [-0.05, 0) is 61.2 Å². The van der Waals surface area contributed by atoms with Crippen molar-refractivity contribution in [3.05, 3.63) is 64.0 Å². The first-order chi connectivity index (χ1) is 16.4. The molecule has 1 aromatic heterocycles. The zero-order valence-electron chi connectivity index (χ0n) is 18.4. The van der Waals surface area contributed by atoms with Crippen LogP contribution in [-0.2, 0) is 32.4 Å². The van der Waals surface area contributed by atoms with Crippen molar-refractivity contribution < 1.29 is 27.1 Å². The smallest absolute Gasteiger partial charge is 0.339 e. The standard InChI is InChI=1S/C24H24N2O7S/c27-23(25-16-4-7-18(8-5-16)34(29,30)26-10-12-31-13-11-26)15-32-17-6-9-20-19-2-1-3-21(19)24(28)33-22(20)14-17/h4-9,14H,1-3,10-13,15H2,(H,25,27). The van der Waals surface area contributed by atoms with Crippen LogP contribution in [0.15, 0.2) is 56.6 Å². The molecule has 0 radical (unpaired) electrons. The maximum atomic E-state index is 12.7. The van der Waals surface area contributed by atoms with E-state index in [4.69, 9.17) is 13.9 Å². The molecule has 1 N–H and O–H groups in total. The summed E-state index contributed by atoms with van der Waals surface area (Å²) in [7, 11) is -3.59. The summed E-state index contributed by atoms with van der Waals surface area (Å²) in [5, 5.41) is 3.58. The first-order valence-electron chi connectivity index (χ1n) is 11.1. The van der Waals surface area contributed by atoms with Crippen LogP contribution < -0.4 is 15.7 Å². The van der Waals surface area contributed by atoms with Crippen molar-refractivity contribution in [3.63, 3.8) is 0 Å². The maximum Gasteiger partial charge on any atom is 0.339 e. The number of amides is 1. The average molecular weight is 485 g/mol. The Morgan fingerprint density at radius 3 is 2.53 bits per heavy atom. The van der Waals surface area contributed by atoms with Gasteiger partial charge in [0.05, 0.1) is 18.1 Å². The molecule has 0 bridgehead atoms. The second-order valence-corrected chi connectivity index (χ2v) is 10.2. The Balaban J connectivity index is 1.21. The Morgan fingerprint density at radius 2 is 1.76 bits per heavy atom. The topological polar surface area (TPSA) is 115 Å². The monoisotopic (exact) mass is 484 g/mol. The van der Waals surface area contributed by atoms with Gasteiger partial charge in [0.15, 0.2) is 6.61 Å². The minimum atomic E-state index is -3.59.